The van der Waals surface area contributed by atoms with Crippen LogP contribution >= 0.6 is 0 Å². The van der Waals surface area contributed by atoms with Crippen molar-refractivity contribution in [2.24, 2.45) is 0 Å². The van der Waals surface area contributed by atoms with Gasteiger partial charge in [-0.05, 0) is 151 Å². The van der Waals surface area contributed by atoms with E-state index in [9.17, 15) is 0 Å². The summed E-state index contributed by atoms with van der Waals surface area (Å²) in [6.07, 6.45) is 0. The van der Waals surface area contributed by atoms with Gasteiger partial charge >= 0.3 is 0 Å². The minimum absolute atomic E-state index is 0.734. The van der Waals surface area contributed by atoms with Crippen molar-refractivity contribution in [3.05, 3.63) is 271 Å². The number of nitrogens with zero attached hydrogens (tertiary/aromatic N) is 5. The molecular formula is C74H53N5. The molecule has 0 bridgehead atoms. The summed E-state index contributed by atoms with van der Waals surface area (Å²) >= 11 is 0. The Morgan fingerprint density at radius 1 is 0.253 bits per heavy atom. The van der Waals surface area contributed by atoms with Crippen LogP contribution in [0.25, 0.3) is 139 Å². The van der Waals surface area contributed by atoms with Crippen molar-refractivity contribution < 1.29 is 0 Å². The highest BCUT2D eigenvalue weighted by atomic mass is 15.0. The second-order valence-corrected chi connectivity index (χ2v) is 21.2. The fourth-order valence-electron chi connectivity index (χ4n) is 12.6. The summed E-state index contributed by atoms with van der Waals surface area (Å²) in [6.45, 7) is 8.79. The molecule has 374 valence electrons. The van der Waals surface area contributed by atoms with Crippen LogP contribution in [-0.2, 0) is 0 Å². The molecule has 0 spiro atoms. The topological polar surface area (TPSA) is 40.6 Å². The van der Waals surface area contributed by atoms with E-state index in [1.165, 1.54) is 98.9 Å². The molecular weight excluding hydrogens is 959 g/mol. The molecule has 5 nitrogen and oxygen atoms in total. The van der Waals surface area contributed by atoms with Crippen molar-refractivity contribution in [3.8, 4) is 73.2 Å². The van der Waals surface area contributed by atoms with Crippen LogP contribution in [-0.4, -0.2) is 23.7 Å². The minimum Gasteiger partial charge on any atom is -0.309 e. The van der Waals surface area contributed by atoms with Crippen molar-refractivity contribution in [3.63, 3.8) is 0 Å². The quantitative estimate of drug-likeness (QED) is 0.152. The predicted octanol–water partition coefficient (Wildman–Crippen LogP) is 19.3. The Balaban J connectivity index is 0.811. The molecule has 0 aliphatic heterocycles. The smallest absolute Gasteiger partial charge is 0.160 e. The van der Waals surface area contributed by atoms with E-state index in [4.69, 9.17) is 9.97 Å². The molecule has 0 fully saturated rings. The molecule has 0 unspecified atom stereocenters. The van der Waals surface area contributed by atoms with Crippen LogP contribution in [0.3, 0.4) is 0 Å². The summed E-state index contributed by atoms with van der Waals surface area (Å²) in [6, 6.07) is 90.6. The molecule has 0 aliphatic rings. The maximum absolute atomic E-state index is 5.15. The molecule has 4 aromatic heterocycles. The zero-order valence-electron chi connectivity index (χ0n) is 44.4. The molecule has 5 heteroatoms. The summed E-state index contributed by atoms with van der Waals surface area (Å²) in [5.74, 6) is 0.734. The second kappa shape index (κ2) is 18.3. The highest BCUT2D eigenvalue weighted by Crippen LogP contribution is 2.42. The highest BCUT2D eigenvalue weighted by molar-refractivity contribution is 6.14. The molecule has 4 heterocycles. The normalized spacial score (nSPS) is 11.8. The van der Waals surface area contributed by atoms with Crippen molar-refractivity contribution in [2.75, 3.05) is 0 Å². The Kier molecular flexibility index (Phi) is 10.7. The van der Waals surface area contributed by atoms with Gasteiger partial charge in [-0.1, -0.05) is 170 Å². The number of rotatable bonds is 8. The van der Waals surface area contributed by atoms with E-state index in [1.54, 1.807) is 0 Å². The number of hydrogen-bond acceptors (Lipinski definition) is 2. The molecule has 15 rings (SSSR count). The van der Waals surface area contributed by atoms with Gasteiger partial charge in [-0.2, -0.15) is 0 Å². The molecule has 11 aromatic carbocycles. The minimum atomic E-state index is 0.734. The van der Waals surface area contributed by atoms with Gasteiger partial charge < -0.3 is 13.7 Å². The largest absolute Gasteiger partial charge is 0.309 e. The van der Waals surface area contributed by atoms with Gasteiger partial charge in [0.25, 0.3) is 0 Å². The van der Waals surface area contributed by atoms with Crippen molar-refractivity contribution in [1.29, 1.82) is 0 Å². The Bertz CT molecular complexity index is 4570. The maximum atomic E-state index is 5.15. The molecule has 0 saturated heterocycles. The predicted molar refractivity (Wildman–Crippen MR) is 331 cm³/mol. The zero-order valence-corrected chi connectivity index (χ0v) is 44.4. The van der Waals surface area contributed by atoms with Crippen LogP contribution in [0.15, 0.2) is 249 Å². The highest BCUT2D eigenvalue weighted by Gasteiger charge is 2.22. The number of fused-ring (bicyclic) bond motifs is 9. The van der Waals surface area contributed by atoms with Crippen molar-refractivity contribution in [1.82, 2.24) is 23.7 Å². The van der Waals surface area contributed by atoms with Crippen LogP contribution in [0.5, 0.6) is 0 Å². The van der Waals surface area contributed by atoms with Crippen LogP contribution in [0.2, 0.25) is 0 Å². The van der Waals surface area contributed by atoms with E-state index in [-0.39, 0.29) is 0 Å². The van der Waals surface area contributed by atoms with Gasteiger partial charge in [0.05, 0.1) is 50.2 Å². The lowest BCUT2D eigenvalue weighted by Crippen LogP contribution is -2.01. The molecule has 15 aromatic rings. The first-order chi connectivity index (χ1) is 38.8. The summed E-state index contributed by atoms with van der Waals surface area (Å²) in [7, 11) is 0. The number of aryl methyl sites for hydroxylation is 4. The molecule has 79 heavy (non-hydrogen) atoms. The first-order valence-corrected chi connectivity index (χ1v) is 27.2. The summed E-state index contributed by atoms with van der Waals surface area (Å²) in [5, 5.41) is 7.43. The van der Waals surface area contributed by atoms with Gasteiger partial charge in [0.1, 0.15) is 0 Å². The Hall–Kier alpha value is -10.1. The van der Waals surface area contributed by atoms with Crippen molar-refractivity contribution >= 4 is 65.4 Å². The number of benzene rings is 11. The molecule has 0 saturated carbocycles. The van der Waals surface area contributed by atoms with Gasteiger partial charge in [-0.3, -0.25) is 0 Å². The van der Waals surface area contributed by atoms with E-state index in [0.29, 0.717) is 0 Å². The number of aromatic nitrogens is 5. The number of para-hydroxylation sites is 4. The number of hydrogen-bond donors (Lipinski definition) is 0. The molecule has 0 aliphatic carbocycles. The molecule has 0 atom stereocenters. The van der Waals surface area contributed by atoms with Gasteiger partial charge in [-0.25, -0.2) is 9.97 Å². The van der Waals surface area contributed by atoms with E-state index in [1.807, 2.05) is 0 Å². The zero-order chi connectivity index (χ0) is 52.9. The average molecular weight is 1010 g/mol. The monoisotopic (exact) mass is 1010 g/mol. The lowest BCUT2D eigenvalue weighted by atomic mass is 9.96. The molecule has 0 radical (unpaired) electrons. The third-order valence-corrected chi connectivity index (χ3v) is 16.4. The van der Waals surface area contributed by atoms with Gasteiger partial charge in [0.15, 0.2) is 5.82 Å². The first kappa shape index (κ1) is 46.2. The summed E-state index contributed by atoms with van der Waals surface area (Å²) < 4.78 is 7.37. The Morgan fingerprint density at radius 3 is 1.08 bits per heavy atom. The van der Waals surface area contributed by atoms with Crippen LogP contribution in [0.4, 0.5) is 0 Å². The first-order valence-electron chi connectivity index (χ1n) is 27.2. The van der Waals surface area contributed by atoms with Crippen molar-refractivity contribution in [2.45, 2.75) is 27.7 Å². The van der Waals surface area contributed by atoms with Crippen LogP contribution in [0, 0.1) is 27.7 Å². The van der Waals surface area contributed by atoms with E-state index in [0.717, 1.165) is 62.0 Å². The van der Waals surface area contributed by atoms with Gasteiger partial charge in [0.2, 0.25) is 0 Å². The van der Waals surface area contributed by atoms with Gasteiger partial charge in [0, 0.05) is 60.4 Å². The third-order valence-electron chi connectivity index (χ3n) is 16.4. The summed E-state index contributed by atoms with van der Waals surface area (Å²) in [5.41, 5.74) is 25.1. The van der Waals surface area contributed by atoms with E-state index < -0.39 is 0 Å². The second-order valence-electron chi connectivity index (χ2n) is 21.2. The average Bonchev–Trinajstić information content (AvgIpc) is 4.35. The fourth-order valence-corrected chi connectivity index (χ4v) is 12.6. The van der Waals surface area contributed by atoms with Crippen LogP contribution < -0.4 is 0 Å². The lowest BCUT2D eigenvalue weighted by Gasteiger charge is -2.17. The molecule has 0 amide bonds. The third kappa shape index (κ3) is 7.53. The molecule has 0 N–H and O–H groups in total. The lowest BCUT2D eigenvalue weighted by molar-refractivity contribution is 1.12. The Labute approximate surface area is 458 Å². The van der Waals surface area contributed by atoms with Gasteiger partial charge in [-0.15, -0.1) is 0 Å². The maximum Gasteiger partial charge on any atom is 0.160 e. The standard InChI is InChI=1S/C74H53N5/c1-46-17-5-7-19-57(46)66-45-65(75-74(76-66)58-20-8-6-18-47(58)2)53-35-33-51(34-36-53)50-29-31-52(32-30-50)54-41-48(3)73(49(4)42-54)79-71-39-37-55(77-67-25-13-9-21-59(67)60-22-10-14-26-68(60)77)43-63(71)64-44-56(38-40-72(64)79)78-69-27-15-11-23-61(69)62-24-12-16-28-70(62)78/h5-45H,1-4H3. The fraction of sp³-hybridized carbons (Fsp3) is 0.0541. The summed E-state index contributed by atoms with van der Waals surface area (Å²) in [4.78, 5) is 10.3. The van der Waals surface area contributed by atoms with Crippen LogP contribution in [0.1, 0.15) is 22.3 Å². The Morgan fingerprint density at radius 2 is 0.620 bits per heavy atom. The SMILES string of the molecule is Cc1ccccc1-c1cc(-c2ccc(-c3ccc(-c4cc(C)c(-n5c6ccc(-n7c8ccccc8c8ccccc87)cc6c6cc(-n7c8ccccc8c8ccccc87)ccc65)c(C)c4)cc3)cc2)nc(-c2ccccc2C)n1. The van der Waals surface area contributed by atoms with E-state index in [2.05, 4.69) is 290 Å². The van der Waals surface area contributed by atoms with E-state index >= 15 is 0 Å².